The summed E-state index contributed by atoms with van der Waals surface area (Å²) in [5, 5.41) is 6.09. The van der Waals surface area contributed by atoms with Crippen LogP contribution < -0.4 is 10.6 Å². The van der Waals surface area contributed by atoms with E-state index in [-0.39, 0.29) is 5.91 Å². The fourth-order valence-corrected chi connectivity index (χ4v) is 1.92. The molecule has 0 aromatic heterocycles. The van der Waals surface area contributed by atoms with E-state index in [9.17, 15) is 4.79 Å². The maximum absolute atomic E-state index is 11.2. The molecule has 0 aliphatic carbocycles. The van der Waals surface area contributed by atoms with E-state index in [0.29, 0.717) is 25.2 Å². The molecule has 0 aromatic rings. The number of hydrogen-bond acceptors (Lipinski definition) is 3. The van der Waals surface area contributed by atoms with Gasteiger partial charge in [0.2, 0.25) is 5.91 Å². The second kappa shape index (κ2) is 6.08. The van der Waals surface area contributed by atoms with E-state index in [1.807, 2.05) is 6.92 Å². The molecular formula is C11H23N3O. The summed E-state index contributed by atoms with van der Waals surface area (Å²) in [4.78, 5) is 13.7. The minimum Gasteiger partial charge on any atom is -0.355 e. The number of carbonyl (C=O) groups excluding carboxylic acids is 1. The van der Waals surface area contributed by atoms with Gasteiger partial charge in [-0.25, -0.2) is 0 Å². The van der Waals surface area contributed by atoms with Crippen LogP contribution in [0.5, 0.6) is 0 Å². The Hall–Kier alpha value is -0.610. The SMILES string of the molecule is CCNC(=O)CNC1CCN(C(C)C)C1. The van der Waals surface area contributed by atoms with Crippen LogP contribution in [0.3, 0.4) is 0 Å². The molecule has 15 heavy (non-hydrogen) atoms. The maximum atomic E-state index is 11.2. The van der Waals surface area contributed by atoms with Crippen LogP contribution in [0.1, 0.15) is 27.2 Å². The molecule has 4 heteroatoms. The van der Waals surface area contributed by atoms with Crippen LogP contribution in [0.25, 0.3) is 0 Å². The average molecular weight is 213 g/mol. The summed E-state index contributed by atoms with van der Waals surface area (Å²) in [5.74, 6) is 0.0977. The minimum atomic E-state index is 0.0977. The van der Waals surface area contributed by atoms with Gasteiger partial charge in [-0.3, -0.25) is 9.69 Å². The van der Waals surface area contributed by atoms with Crippen molar-refractivity contribution in [1.29, 1.82) is 0 Å². The van der Waals surface area contributed by atoms with E-state index in [4.69, 9.17) is 0 Å². The molecule has 0 radical (unpaired) electrons. The molecule has 1 unspecified atom stereocenters. The number of likely N-dealkylation sites (N-methyl/N-ethyl adjacent to an activating group) is 1. The highest BCUT2D eigenvalue weighted by atomic mass is 16.1. The fourth-order valence-electron chi connectivity index (χ4n) is 1.92. The summed E-state index contributed by atoms with van der Waals surface area (Å²) in [7, 11) is 0. The van der Waals surface area contributed by atoms with E-state index < -0.39 is 0 Å². The molecule has 1 aliphatic rings. The van der Waals surface area contributed by atoms with E-state index in [0.717, 1.165) is 19.5 Å². The molecule has 1 amide bonds. The zero-order valence-corrected chi connectivity index (χ0v) is 10.0. The van der Waals surface area contributed by atoms with Gasteiger partial charge in [-0.2, -0.15) is 0 Å². The topological polar surface area (TPSA) is 44.4 Å². The predicted molar refractivity (Wildman–Crippen MR) is 61.8 cm³/mol. The van der Waals surface area contributed by atoms with Crippen molar-refractivity contribution in [2.75, 3.05) is 26.2 Å². The van der Waals surface area contributed by atoms with Crippen molar-refractivity contribution < 1.29 is 4.79 Å². The first-order chi connectivity index (χ1) is 7.13. The first-order valence-electron chi connectivity index (χ1n) is 5.87. The van der Waals surface area contributed by atoms with E-state index in [1.54, 1.807) is 0 Å². The van der Waals surface area contributed by atoms with Crippen molar-refractivity contribution in [1.82, 2.24) is 15.5 Å². The standard InChI is InChI=1S/C11H23N3O/c1-4-12-11(15)7-13-10-5-6-14(8-10)9(2)3/h9-10,13H,4-8H2,1-3H3,(H,12,15). The lowest BCUT2D eigenvalue weighted by Crippen LogP contribution is -2.41. The first-order valence-corrected chi connectivity index (χ1v) is 5.87. The minimum absolute atomic E-state index is 0.0977. The quantitative estimate of drug-likeness (QED) is 0.685. The van der Waals surface area contributed by atoms with E-state index >= 15 is 0 Å². The van der Waals surface area contributed by atoms with Gasteiger partial charge in [-0.05, 0) is 33.7 Å². The number of hydrogen-bond donors (Lipinski definition) is 2. The molecule has 0 bridgehead atoms. The van der Waals surface area contributed by atoms with Gasteiger partial charge in [0.05, 0.1) is 6.54 Å². The molecule has 1 rings (SSSR count). The average Bonchev–Trinajstić information content (AvgIpc) is 2.63. The molecular weight excluding hydrogens is 190 g/mol. The molecule has 2 N–H and O–H groups in total. The second-order valence-electron chi connectivity index (χ2n) is 4.41. The summed E-state index contributed by atoms with van der Waals surface area (Å²) >= 11 is 0. The monoisotopic (exact) mass is 213 g/mol. The van der Waals surface area contributed by atoms with E-state index in [2.05, 4.69) is 29.4 Å². The fraction of sp³-hybridized carbons (Fsp3) is 0.909. The van der Waals surface area contributed by atoms with Gasteiger partial charge in [0.25, 0.3) is 0 Å². The molecule has 1 atom stereocenters. The van der Waals surface area contributed by atoms with E-state index in [1.165, 1.54) is 0 Å². The van der Waals surface area contributed by atoms with Crippen molar-refractivity contribution in [2.24, 2.45) is 0 Å². The predicted octanol–water partition coefficient (Wildman–Crippen LogP) is 0.195. The Morgan fingerprint density at radius 3 is 2.80 bits per heavy atom. The van der Waals surface area contributed by atoms with Crippen LogP contribution in [0, 0.1) is 0 Å². The Bertz CT molecular complexity index is 206. The summed E-state index contributed by atoms with van der Waals surface area (Å²) < 4.78 is 0. The highest BCUT2D eigenvalue weighted by Crippen LogP contribution is 2.11. The molecule has 1 fully saturated rings. The Labute approximate surface area is 92.4 Å². The third-order valence-corrected chi connectivity index (χ3v) is 2.88. The summed E-state index contributed by atoms with van der Waals surface area (Å²) in [6.07, 6.45) is 1.15. The Morgan fingerprint density at radius 1 is 1.53 bits per heavy atom. The lowest BCUT2D eigenvalue weighted by Gasteiger charge is -2.20. The maximum Gasteiger partial charge on any atom is 0.233 e. The first kappa shape index (κ1) is 12.5. The Morgan fingerprint density at radius 2 is 2.27 bits per heavy atom. The van der Waals surface area contributed by atoms with Crippen molar-refractivity contribution in [2.45, 2.75) is 39.3 Å². The number of nitrogens with zero attached hydrogens (tertiary/aromatic N) is 1. The number of likely N-dealkylation sites (tertiary alicyclic amines) is 1. The van der Waals surface area contributed by atoms with Crippen LogP contribution >= 0.6 is 0 Å². The van der Waals surface area contributed by atoms with Crippen LogP contribution in [-0.4, -0.2) is 49.1 Å². The van der Waals surface area contributed by atoms with Crippen molar-refractivity contribution in [3.05, 3.63) is 0 Å². The lowest BCUT2D eigenvalue weighted by molar-refractivity contribution is -0.120. The molecule has 88 valence electrons. The molecule has 1 saturated heterocycles. The lowest BCUT2D eigenvalue weighted by atomic mass is 10.2. The second-order valence-corrected chi connectivity index (χ2v) is 4.41. The molecule has 0 aromatic carbocycles. The van der Waals surface area contributed by atoms with Crippen LogP contribution in [0.2, 0.25) is 0 Å². The molecule has 4 nitrogen and oxygen atoms in total. The van der Waals surface area contributed by atoms with Gasteiger partial charge in [-0.15, -0.1) is 0 Å². The summed E-state index contributed by atoms with van der Waals surface area (Å²) in [6.45, 7) is 9.74. The van der Waals surface area contributed by atoms with Gasteiger partial charge >= 0.3 is 0 Å². The largest absolute Gasteiger partial charge is 0.355 e. The summed E-state index contributed by atoms with van der Waals surface area (Å²) in [6, 6.07) is 1.09. The molecule has 1 heterocycles. The van der Waals surface area contributed by atoms with Gasteiger partial charge in [-0.1, -0.05) is 0 Å². The number of rotatable bonds is 5. The van der Waals surface area contributed by atoms with Crippen molar-refractivity contribution in [3.63, 3.8) is 0 Å². The molecule has 0 saturated carbocycles. The van der Waals surface area contributed by atoms with Gasteiger partial charge < -0.3 is 10.6 Å². The van der Waals surface area contributed by atoms with Crippen molar-refractivity contribution in [3.8, 4) is 0 Å². The molecule has 0 spiro atoms. The van der Waals surface area contributed by atoms with Gasteiger partial charge in [0.1, 0.15) is 0 Å². The number of amides is 1. The summed E-state index contributed by atoms with van der Waals surface area (Å²) in [5.41, 5.74) is 0. The van der Waals surface area contributed by atoms with Crippen LogP contribution in [-0.2, 0) is 4.79 Å². The van der Waals surface area contributed by atoms with Gasteiger partial charge in [0, 0.05) is 25.2 Å². The van der Waals surface area contributed by atoms with Crippen LogP contribution in [0.4, 0.5) is 0 Å². The smallest absolute Gasteiger partial charge is 0.233 e. The Kier molecular flexibility index (Phi) is 5.05. The normalized spacial score (nSPS) is 22.3. The zero-order chi connectivity index (χ0) is 11.3. The highest BCUT2D eigenvalue weighted by Gasteiger charge is 2.23. The number of carbonyl (C=O) groups is 1. The third kappa shape index (κ3) is 4.18. The molecule has 1 aliphatic heterocycles. The Balaban J connectivity index is 2.16. The third-order valence-electron chi connectivity index (χ3n) is 2.88. The van der Waals surface area contributed by atoms with Gasteiger partial charge in [0.15, 0.2) is 0 Å². The van der Waals surface area contributed by atoms with Crippen molar-refractivity contribution >= 4 is 5.91 Å². The number of nitrogens with one attached hydrogen (secondary N) is 2. The highest BCUT2D eigenvalue weighted by molar-refractivity contribution is 5.77. The van der Waals surface area contributed by atoms with Crippen LogP contribution in [0.15, 0.2) is 0 Å². The zero-order valence-electron chi connectivity index (χ0n) is 10.0.